The molecule has 0 saturated heterocycles. The number of aromatic nitrogens is 3. The number of hydrogen-bond donors (Lipinski definition) is 2. The van der Waals surface area contributed by atoms with Crippen LogP contribution in [0, 0.1) is 0 Å². The van der Waals surface area contributed by atoms with Gasteiger partial charge >= 0.3 is 6.18 Å². The smallest absolute Gasteiger partial charge is 0.406 e. The monoisotopic (exact) mass is 404 g/mol. The van der Waals surface area contributed by atoms with Crippen LogP contribution in [0.3, 0.4) is 0 Å². The van der Waals surface area contributed by atoms with E-state index in [1.165, 1.54) is 24.4 Å². The van der Waals surface area contributed by atoms with Gasteiger partial charge in [-0.1, -0.05) is 23.2 Å². The van der Waals surface area contributed by atoms with Crippen LogP contribution >= 0.6 is 23.2 Å². The molecule has 0 aliphatic heterocycles. The van der Waals surface area contributed by atoms with Crippen molar-refractivity contribution in [2.75, 3.05) is 5.32 Å². The fourth-order valence-electron chi connectivity index (χ4n) is 2.23. The summed E-state index contributed by atoms with van der Waals surface area (Å²) in [4.78, 5) is 19.8. The summed E-state index contributed by atoms with van der Waals surface area (Å²) in [5, 5.41) is 12.5. The van der Waals surface area contributed by atoms with Gasteiger partial charge in [-0.05, 0) is 18.2 Å². The van der Waals surface area contributed by atoms with Crippen molar-refractivity contribution in [1.82, 2.24) is 14.5 Å². The van der Waals surface area contributed by atoms with Crippen LogP contribution in [-0.4, -0.2) is 25.8 Å². The molecular weight excluding hydrogens is 396 g/mol. The van der Waals surface area contributed by atoms with Crippen molar-refractivity contribution >= 4 is 45.9 Å². The van der Waals surface area contributed by atoms with Gasteiger partial charge < -0.3 is 10.4 Å². The summed E-state index contributed by atoms with van der Waals surface area (Å²) in [6, 6.07) is 5.03. The molecule has 3 rings (SSSR count). The summed E-state index contributed by atoms with van der Waals surface area (Å²) in [7, 11) is 0. The van der Waals surface area contributed by atoms with Crippen LogP contribution in [-0.2, 0) is 6.54 Å². The van der Waals surface area contributed by atoms with E-state index in [1.807, 2.05) is 0 Å². The number of fused-ring (bicyclic) bond motifs is 1. The Labute approximate surface area is 153 Å². The predicted molar refractivity (Wildman–Crippen MR) is 91.3 cm³/mol. The zero-order valence-corrected chi connectivity index (χ0v) is 14.2. The first-order valence-electron chi connectivity index (χ1n) is 7.02. The van der Waals surface area contributed by atoms with E-state index >= 15 is 0 Å². The molecule has 6 nitrogen and oxygen atoms in total. The third kappa shape index (κ3) is 3.83. The first kappa shape index (κ1) is 18.3. The minimum Gasteiger partial charge on any atom is -0.505 e. The number of aromatic hydroxyl groups is 1. The number of nitrogens with one attached hydrogen (secondary N) is 1. The first-order chi connectivity index (χ1) is 12.1. The number of nitrogens with zero attached hydrogens (tertiary/aromatic N) is 3. The number of alkyl halides is 3. The maximum atomic E-state index is 12.8. The molecule has 0 aliphatic carbocycles. The lowest BCUT2D eigenvalue weighted by Gasteiger charge is -2.13. The Morgan fingerprint density at radius 3 is 2.46 bits per heavy atom. The average Bonchev–Trinajstić information content (AvgIpc) is 2.54. The van der Waals surface area contributed by atoms with Gasteiger partial charge in [0.1, 0.15) is 12.2 Å². The third-order valence-corrected chi connectivity index (χ3v) is 3.91. The highest BCUT2D eigenvalue weighted by atomic mass is 35.5. The largest absolute Gasteiger partial charge is 0.505 e. The van der Waals surface area contributed by atoms with E-state index in [9.17, 15) is 23.1 Å². The van der Waals surface area contributed by atoms with Crippen LogP contribution in [0.25, 0.3) is 11.0 Å². The second-order valence-electron chi connectivity index (χ2n) is 5.26. The molecule has 0 spiro atoms. The summed E-state index contributed by atoms with van der Waals surface area (Å²) in [5.41, 5.74) is -0.712. The highest BCUT2D eigenvalue weighted by Gasteiger charge is 2.29. The fraction of sp³-hybridized carbons (Fsp3) is 0.133. The van der Waals surface area contributed by atoms with E-state index in [2.05, 4.69) is 15.3 Å². The van der Waals surface area contributed by atoms with Crippen molar-refractivity contribution in [2.45, 2.75) is 12.7 Å². The highest BCUT2D eigenvalue weighted by Crippen LogP contribution is 2.35. The number of hydrogen-bond acceptors (Lipinski definition) is 5. The zero-order chi connectivity index (χ0) is 19.1. The number of benzene rings is 1. The van der Waals surface area contributed by atoms with Crippen LogP contribution in [0.1, 0.15) is 0 Å². The molecule has 0 unspecified atom stereocenters. The lowest BCUT2D eigenvalue weighted by Crippen LogP contribution is -2.28. The Kier molecular flexibility index (Phi) is 4.68. The number of anilines is 2. The van der Waals surface area contributed by atoms with E-state index in [0.29, 0.717) is 10.3 Å². The molecule has 3 aromatic rings. The predicted octanol–water partition coefficient (Wildman–Crippen LogP) is 4.11. The third-order valence-electron chi connectivity index (χ3n) is 3.33. The molecule has 0 aliphatic rings. The number of rotatable bonds is 3. The Hall–Kier alpha value is -2.52. The van der Waals surface area contributed by atoms with Gasteiger partial charge in [-0.3, -0.25) is 9.36 Å². The van der Waals surface area contributed by atoms with Crippen LogP contribution in [0.15, 0.2) is 35.3 Å². The molecule has 11 heteroatoms. The molecule has 2 N–H and O–H groups in total. The number of phenolic OH excluding ortho intramolecular Hbond substituents is 1. The molecule has 0 fully saturated rings. The topological polar surface area (TPSA) is 80.0 Å². The van der Waals surface area contributed by atoms with E-state index < -0.39 is 18.3 Å². The van der Waals surface area contributed by atoms with Crippen molar-refractivity contribution in [3.05, 3.63) is 50.9 Å². The summed E-state index contributed by atoms with van der Waals surface area (Å²) >= 11 is 11.6. The molecule has 2 aromatic heterocycles. The summed E-state index contributed by atoms with van der Waals surface area (Å²) in [6.45, 7) is -1.48. The molecule has 0 atom stereocenters. The van der Waals surface area contributed by atoms with Gasteiger partial charge in [-0.2, -0.15) is 18.2 Å². The van der Waals surface area contributed by atoms with Crippen LogP contribution in [0.5, 0.6) is 5.75 Å². The van der Waals surface area contributed by atoms with Crippen molar-refractivity contribution in [1.29, 1.82) is 0 Å². The zero-order valence-electron chi connectivity index (χ0n) is 12.7. The van der Waals surface area contributed by atoms with Crippen molar-refractivity contribution in [2.24, 2.45) is 0 Å². The maximum absolute atomic E-state index is 12.8. The van der Waals surface area contributed by atoms with E-state index in [-0.39, 0.29) is 32.8 Å². The van der Waals surface area contributed by atoms with E-state index in [0.717, 1.165) is 6.07 Å². The molecule has 0 saturated carbocycles. The SMILES string of the molecule is O=c1ccc2cnc(Nc3cc(Cl)c(O)c(Cl)c3)nc2n1CC(F)(F)F. The van der Waals surface area contributed by atoms with Crippen LogP contribution in [0.2, 0.25) is 10.0 Å². The van der Waals surface area contributed by atoms with Gasteiger partial charge in [0.25, 0.3) is 5.56 Å². The van der Waals surface area contributed by atoms with Crippen molar-refractivity contribution < 1.29 is 18.3 Å². The van der Waals surface area contributed by atoms with Gasteiger partial charge in [-0.15, -0.1) is 0 Å². The molecule has 26 heavy (non-hydrogen) atoms. The minimum atomic E-state index is -4.59. The quantitative estimate of drug-likeness (QED) is 0.642. The minimum absolute atomic E-state index is 0.0326. The second-order valence-corrected chi connectivity index (χ2v) is 6.07. The van der Waals surface area contributed by atoms with E-state index in [4.69, 9.17) is 23.2 Å². The molecule has 2 heterocycles. The normalized spacial score (nSPS) is 11.7. The number of phenols is 1. The van der Waals surface area contributed by atoms with Crippen molar-refractivity contribution in [3.63, 3.8) is 0 Å². The molecule has 0 radical (unpaired) electrons. The van der Waals surface area contributed by atoms with Crippen molar-refractivity contribution in [3.8, 4) is 5.75 Å². The summed E-state index contributed by atoms with van der Waals surface area (Å²) in [6.07, 6.45) is -3.31. The first-order valence-corrected chi connectivity index (χ1v) is 7.78. The average molecular weight is 405 g/mol. The van der Waals surface area contributed by atoms with Gasteiger partial charge in [0.2, 0.25) is 5.95 Å². The maximum Gasteiger partial charge on any atom is 0.406 e. The summed E-state index contributed by atoms with van der Waals surface area (Å²) in [5.74, 6) is -0.380. The Morgan fingerprint density at radius 2 is 1.85 bits per heavy atom. The lowest BCUT2D eigenvalue weighted by molar-refractivity contribution is -0.140. The fourth-order valence-corrected chi connectivity index (χ4v) is 2.72. The Morgan fingerprint density at radius 1 is 1.19 bits per heavy atom. The second kappa shape index (κ2) is 6.65. The van der Waals surface area contributed by atoms with Gasteiger partial charge in [0.15, 0.2) is 5.75 Å². The molecule has 136 valence electrons. The number of halogens is 5. The van der Waals surface area contributed by atoms with Crippen LogP contribution < -0.4 is 10.9 Å². The highest BCUT2D eigenvalue weighted by molar-refractivity contribution is 6.37. The Balaban J connectivity index is 2.06. The molecule has 0 bridgehead atoms. The summed E-state index contributed by atoms with van der Waals surface area (Å²) < 4.78 is 38.8. The molecule has 0 amide bonds. The van der Waals surface area contributed by atoms with Gasteiger partial charge in [0.05, 0.1) is 10.0 Å². The van der Waals surface area contributed by atoms with Gasteiger partial charge in [0, 0.05) is 23.3 Å². The Bertz CT molecular complexity index is 1030. The standard InChI is InChI=1S/C15H9Cl2F3N4O2/c16-9-3-8(4-10(17)12(9)26)22-14-21-5-7-1-2-11(25)24(13(7)23-14)6-15(18,19)20/h1-5,26H,6H2,(H,21,22,23). The van der Waals surface area contributed by atoms with E-state index in [1.54, 1.807) is 0 Å². The van der Waals surface area contributed by atoms with Crippen LogP contribution in [0.4, 0.5) is 24.8 Å². The molecule has 1 aromatic carbocycles. The van der Waals surface area contributed by atoms with Gasteiger partial charge in [-0.25, -0.2) is 4.98 Å². The lowest BCUT2D eigenvalue weighted by atomic mass is 10.3. The number of pyridine rings is 1. The molecular formula is C15H9Cl2F3N4O2.